The van der Waals surface area contributed by atoms with Gasteiger partial charge >= 0.3 is 0 Å². The Morgan fingerprint density at radius 2 is 2.41 bits per heavy atom. The summed E-state index contributed by atoms with van der Waals surface area (Å²) in [5.74, 6) is 1.17. The third-order valence-electron chi connectivity index (χ3n) is 3.40. The van der Waals surface area contributed by atoms with Gasteiger partial charge in [0.15, 0.2) is 0 Å². The van der Waals surface area contributed by atoms with Crippen LogP contribution >= 0.6 is 0 Å². The molecule has 0 aliphatic carbocycles. The van der Waals surface area contributed by atoms with Crippen molar-refractivity contribution >= 4 is 0 Å². The minimum atomic E-state index is 0.845. The van der Waals surface area contributed by atoms with Crippen LogP contribution in [0, 0.1) is 0 Å². The maximum Gasteiger partial charge on any atom is 0.123 e. The Morgan fingerprint density at radius 1 is 1.47 bits per heavy atom. The Labute approximate surface area is 101 Å². The molecule has 0 amide bonds. The molecule has 0 fully saturated rings. The van der Waals surface area contributed by atoms with Crippen LogP contribution in [-0.2, 0) is 19.5 Å². The molecule has 0 atom stereocenters. The van der Waals surface area contributed by atoms with E-state index in [1.807, 2.05) is 19.4 Å². The number of nitrogens with zero attached hydrogens (tertiary/aromatic N) is 2. The average molecular weight is 230 g/mol. The number of fused-ring (bicyclic) bond motifs is 1. The Hall–Kier alpha value is -1.55. The summed E-state index contributed by atoms with van der Waals surface area (Å²) in [6.45, 7) is 1.96. The molecular formula is C13H18N4. The molecule has 3 heterocycles. The van der Waals surface area contributed by atoms with E-state index in [-0.39, 0.29) is 0 Å². The van der Waals surface area contributed by atoms with Crippen molar-refractivity contribution in [2.24, 2.45) is 0 Å². The van der Waals surface area contributed by atoms with Crippen LogP contribution in [-0.4, -0.2) is 21.6 Å². The van der Waals surface area contributed by atoms with E-state index >= 15 is 0 Å². The van der Waals surface area contributed by atoms with Gasteiger partial charge in [-0.05, 0) is 32.4 Å². The molecule has 1 aliphatic rings. The number of nitrogens with one attached hydrogen (secondary N) is 2. The van der Waals surface area contributed by atoms with E-state index in [4.69, 9.17) is 4.98 Å². The summed E-state index contributed by atoms with van der Waals surface area (Å²) < 4.78 is 2.39. The molecule has 3 rings (SSSR count). The maximum atomic E-state index is 4.80. The van der Waals surface area contributed by atoms with Gasteiger partial charge < -0.3 is 14.9 Å². The molecule has 2 aromatic heterocycles. The summed E-state index contributed by atoms with van der Waals surface area (Å²) in [6, 6.07) is 2.10. The van der Waals surface area contributed by atoms with E-state index in [1.54, 1.807) is 0 Å². The van der Waals surface area contributed by atoms with Crippen molar-refractivity contribution in [2.45, 2.75) is 32.4 Å². The van der Waals surface area contributed by atoms with Crippen molar-refractivity contribution in [3.05, 3.63) is 30.0 Å². The third kappa shape index (κ3) is 1.78. The van der Waals surface area contributed by atoms with E-state index in [0.717, 1.165) is 25.2 Å². The molecule has 0 spiro atoms. The van der Waals surface area contributed by atoms with Gasteiger partial charge in [-0.15, -0.1) is 0 Å². The number of H-pyrrole nitrogens is 1. The first-order chi connectivity index (χ1) is 8.40. The summed E-state index contributed by atoms with van der Waals surface area (Å²) in [5.41, 5.74) is 3.77. The fourth-order valence-corrected chi connectivity index (χ4v) is 2.61. The lowest BCUT2D eigenvalue weighted by Crippen LogP contribution is -2.16. The van der Waals surface area contributed by atoms with Gasteiger partial charge in [-0.1, -0.05) is 0 Å². The Balaban J connectivity index is 2.09. The minimum Gasteiger partial charge on any atom is -0.367 e. The Kier molecular flexibility index (Phi) is 2.73. The zero-order valence-corrected chi connectivity index (χ0v) is 10.2. The highest BCUT2D eigenvalue weighted by Gasteiger charge is 2.20. The fraction of sp³-hybridized carbons (Fsp3) is 0.462. The number of hydrogen-bond donors (Lipinski definition) is 2. The van der Waals surface area contributed by atoms with E-state index in [1.165, 1.54) is 29.9 Å². The molecule has 0 bridgehead atoms. The molecule has 90 valence electrons. The smallest absolute Gasteiger partial charge is 0.123 e. The predicted octanol–water partition coefficient (Wildman–Crippen LogP) is 1.93. The van der Waals surface area contributed by atoms with Gasteiger partial charge in [0.05, 0.1) is 12.2 Å². The molecule has 4 nitrogen and oxygen atoms in total. The quantitative estimate of drug-likeness (QED) is 0.846. The first kappa shape index (κ1) is 10.6. The first-order valence-corrected chi connectivity index (χ1v) is 6.26. The minimum absolute atomic E-state index is 0.845. The van der Waals surface area contributed by atoms with Crippen molar-refractivity contribution in [3.63, 3.8) is 0 Å². The Bertz CT molecular complexity index is 496. The molecule has 0 radical (unpaired) electrons. The molecule has 1 aliphatic heterocycles. The van der Waals surface area contributed by atoms with Crippen molar-refractivity contribution in [3.8, 4) is 11.3 Å². The second kappa shape index (κ2) is 4.37. The normalized spacial score (nSPS) is 14.9. The van der Waals surface area contributed by atoms with Gasteiger partial charge in [-0.2, -0.15) is 0 Å². The summed E-state index contributed by atoms with van der Waals surface area (Å²) in [5, 5.41) is 3.20. The van der Waals surface area contributed by atoms with E-state index in [2.05, 4.69) is 20.9 Å². The molecule has 0 unspecified atom stereocenters. The number of aromatic amines is 1. The van der Waals surface area contributed by atoms with Crippen LogP contribution in [0.2, 0.25) is 0 Å². The van der Waals surface area contributed by atoms with Crippen LogP contribution in [0.5, 0.6) is 0 Å². The molecule has 0 aromatic carbocycles. The molecule has 2 aromatic rings. The number of hydrogen-bond acceptors (Lipinski definition) is 2. The number of imidazole rings is 1. The molecule has 0 saturated carbocycles. The molecular weight excluding hydrogens is 212 g/mol. The van der Waals surface area contributed by atoms with Crippen LogP contribution in [0.4, 0.5) is 0 Å². The van der Waals surface area contributed by atoms with Crippen LogP contribution in [0.25, 0.3) is 11.3 Å². The topological polar surface area (TPSA) is 45.6 Å². The molecule has 4 heteroatoms. The highest BCUT2D eigenvalue weighted by Crippen LogP contribution is 2.28. The van der Waals surface area contributed by atoms with E-state index in [0.29, 0.717) is 0 Å². The SMILES string of the molecule is CNCc1nc(-c2cc[nH]c2)c2n1CCCC2. The van der Waals surface area contributed by atoms with Gasteiger partial charge in [-0.3, -0.25) is 0 Å². The van der Waals surface area contributed by atoms with Gasteiger partial charge in [0.1, 0.15) is 5.82 Å². The first-order valence-electron chi connectivity index (χ1n) is 6.26. The fourth-order valence-electron chi connectivity index (χ4n) is 2.61. The van der Waals surface area contributed by atoms with Crippen molar-refractivity contribution in [1.82, 2.24) is 19.9 Å². The lowest BCUT2D eigenvalue weighted by molar-refractivity contribution is 0.508. The summed E-state index contributed by atoms with van der Waals surface area (Å²) in [4.78, 5) is 7.92. The largest absolute Gasteiger partial charge is 0.367 e. The lowest BCUT2D eigenvalue weighted by atomic mass is 10.1. The van der Waals surface area contributed by atoms with E-state index < -0.39 is 0 Å². The highest BCUT2D eigenvalue weighted by molar-refractivity contribution is 5.62. The second-order valence-electron chi connectivity index (χ2n) is 4.56. The van der Waals surface area contributed by atoms with Crippen molar-refractivity contribution < 1.29 is 0 Å². The van der Waals surface area contributed by atoms with Crippen molar-refractivity contribution in [2.75, 3.05) is 7.05 Å². The van der Waals surface area contributed by atoms with Crippen LogP contribution in [0.3, 0.4) is 0 Å². The average Bonchev–Trinajstić information content (AvgIpc) is 2.97. The standard InChI is InChI=1S/C13H18N4/c1-14-9-12-16-13(10-5-6-15-8-10)11-4-2-3-7-17(11)12/h5-6,8,14-15H,2-4,7,9H2,1H3. The van der Waals surface area contributed by atoms with Crippen LogP contribution < -0.4 is 5.32 Å². The highest BCUT2D eigenvalue weighted by atomic mass is 15.1. The van der Waals surface area contributed by atoms with Crippen LogP contribution in [0.1, 0.15) is 24.4 Å². The number of aromatic nitrogens is 3. The lowest BCUT2D eigenvalue weighted by Gasteiger charge is -2.17. The molecule has 17 heavy (non-hydrogen) atoms. The summed E-state index contributed by atoms with van der Waals surface area (Å²) in [6.07, 6.45) is 7.69. The second-order valence-corrected chi connectivity index (χ2v) is 4.56. The van der Waals surface area contributed by atoms with Gasteiger partial charge in [0.2, 0.25) is 0 Å². The summed E-state index contributed by atoms with van der Waals surface area (Å²) >= 11 is 0. The predicted molar refractivity (Wildman–Crippen MR) is 67.7 cm³/mol. The zero-order valence-electron chi connectivity index (χ0n) is 10.2. The van der Waals surface area contributed by atoms with Gasteiger partial charge in [0, 0.05) is 30.2 Å². The van der Waals surface area contributed by atoms with Crippen LogP contribution in [0.15, 0.2) is 18.5 Å². The molecule has 2 N–H and O–H groups in total. The third-order valence-corrected chi connectivity index (χ3v) is 3.40. The van der Waals surface area contributed by atoms with Gasteiger partial charge in [0.25, 0.3) is 0 Å². The maximum absolute atomic E-state index is 4.80. The van der Waals surface area contributed by atoms with Gasteiger partial charge in [-0.25, -0.2) is 4.98 Å². The zero-order chi connectivity index (χ0) is 11.7. The van der Waals surface area contributed by atoms with Crippen molar-refractivity contribution in [1.29, 1.82) is 0 Å². The number of rotatable bonds is 3. The van der Waals surface area contributed by atoms with E-state index in [9.17, 15) is 0 Å². The monoisotopic (exact) mass is 230 g/mol. The summed E-state index contributed by atoms with van der Waals surface area (Å²) in [7, 11) is 1.97. The Morgan fingerprint density at radius 3 is 3.18 bits per heavy atom. The molecule has 0 saturated heterocycles.